The molecule has 17 heteroatoms. The van der Waals surface area contributed by atoms with Crippen molar-refractivity contribution in [1.82, 2.24) is 24.8 Å². The zero-order valence-corrected chi connectivity index (χ0v) is 22.6. The molecule has 4 rings (SSSR count). The average molecular weight is 595 g/mol. The van der Waals surface area contributed by atoms with Crippen molar-refractivity contribution in [3.63, 3.8) is 0 Å². The lowest BCUT2D eigenvalue weighted by Gasteiger charge is -2.12. The van der Waals surface area contributed by atoms with Gasteiger partial charge in [0.15, 0.2) is 23.1 Å². The molecule has 1 amide bonds. The van der Waals surface area contributed by atoms with Gasteiger partial charge in [-0.2, -0.15) is 13.2 Å². The number of hydrogen-bond acceptors (Lipinski definition) is 11. The van der Waals surface area contributed by atoms with Crippen molar-refractivity contribution in [2.45, 2.75) is 32.5 Å². The standard InChI is InChI=1S/C23H28N8O4.C2HF3O2/c1-3-31-21-16(34-10-5-9-24)13-26-18(19(21)28-23(31)20-22(25)30-35-29-20)14-6-4-7-15(12-14)27-17(32)8-11-33-2;3-2(4,5)1(6)7/h4,6-7,12-13H,3,5,8-11,24H2,1-2H3,(H2,25,30)(H,27,32);(H,6,7). The maximum atomic E-state index is 12.2. The van der Waals surface area contributed by atoms with Gasteiger partial charge in [0.1, 0.15) is 11.0 Å². The van der Waals surface area contributed by atoms with Crippen molar-refractivity contribution in [1.29, 1.82) is 0 Å². The van der Waals surface area contributed by atoms with Crippen LogP contribution in [0.5, 0.6) is 5.75 Å². The second-order valence-corrected chi connectivity index (χ2v) is 8.51. The van der Waals surface area contributed by atoms with E-state index in [2.05, 4.69) is 20.6 Å². The van der Waals surface area contributed by atoms with Crippen LogP contribution in [0.2, 0.25) is 0 Å². The number of carboxylic acid groups (broad SMARTS) is 1. The zero-order valence-electron chi connectivity index (χ0n) is 22.6. The number of pyridine rings is 1. The van der Waals surface area contributed by atoms with E-state index in [1.165, 1.54) is 0 Å². The molecule has 0 unspecified atom stereocenters. The molecule has 0 fully saturated rings. The Hall–Kier alpha value is -4.77. The number of fused-ring (bicyclic) bond motifs is 1. The number of carbonyl (C=O) groups excluding carboxylic acids is 1. The molecule has 0 spiro atoms. The molecule has 4 aromatic rings. The third-order valence-corrected chi connectivity index (χ3v) is 5.58. The van der Waals surface area contributed by atoms with Crippen LogP contribution >= 0.6 is 0 Å². The molecule has 6 N–H and O–H groups in total. The number of nitrogens with two attached hydrogens (primary N) is 2. The summed E-state index contributed by atoms with van der Waals surface area (Å²) in [6.07, 6.45) is -2.46. The van der Waals surface area contributed by atoms with E-state index in [0.717, 1.165) is 11.1 Å². The molecule has 0 radical (unpaired) electrons. The molecule has 1 aromatic carbocycles. The first-order valence-corrected chi connectivity index (χ1v) is 12.5. The number of anilines is 2. The largest absolute Gasteiger partial charge is 0.490 e. The molecule has 0 bridgehead atoms. The summed E-state index contributed by atoms with van der Waals surface area (Å²) in [5.41, 5.74) is 15.3. The molecule has 226 valence electrons. The lowest BCUT2D eigenvalue weighted by Crippen LogP contribution is -2.21. The number of nitrogen functional groups attached to an aromatic ring is 1. The maximum Gasteiger partial charge on any atom is 0.490 e. The van der Waals surface area contributed by atoms with E-state index < -0.39 is 12.1 Å². The first-order valence-electron chi connectivity index (χ1n) is 12.5. The second-order valence-electron chi connectivity index (χ2n) is 8.51. The number of imidazole rings is 1. The van der Waals surface area contributed by atoms with Gasteiger partial charge in [0.25, 0.3) is 0 Å². The summed E-state index contributed by atoms with van der Waals surface area (Å²) < 4.78 is 49.5. The van der Waals surface area contributed by atoms with Crippen molar-refractivity contribution in [3.8, 4) is 28.5 Å². The topological polar surface area (TPSA) is 207 Å². The highest BCUT2D eigenvalue weighted by Crippen LogP contribution is 2.37. The van der Waals surface area contributed by atoms with E-state index in [1.807, 2.05) is 35.8 Å². The van der Waals surface area contributed by atoms with Crippen molar-refractivity contribution >= 4 is 34.4 Å². The normalized spacial score (nSPS) is 11.2. The van der Waals surface area contributed by atoms with E-state index in [9.17, 15) is 18.0 Å². The number of nitrogens with one attached hydrogen (secondary N) is 1. The van der Waals surface area contributed by atoms with Crippen LogP contribution in [0.3, 0.4) is 0 Å². The fraction of sp³-hybridized carbons (Fsp3) is 0.360. The minimum atomic E-state index is -5.08. The molecule has 0 aliphatic heterocycles. The number of carbonyl (C=O) groups is 2. The summed E-state index contributed by atoms with van der Waals surface area (Å²) >= 11 is 0. The number of hydrogen-bond donors (Lipinski definition) is 4. The Morgan fingerprint density at radius 1 is 1.19 bits per heavy atom. The molecule has 3 aromatic heterocycles. The number of aromatic nitrogens is 5. The minimum Gasteiger partial charge on any atom is -0.490 e. The number of ether oxygens (including phenoxy) is 2. The summed E-state index contributed by atoms with van der Waals surface area (Å²) in [7, 11) is 1.56. The lowest BCUT2D eigenvalue weighted by molar-refractivity contribution is -0.192. The number of halogens is 3. The van der Waals surface area contributed by atoms with Crippen LogP contribution in [0, 0.1) is 0 Å². The molecule has 0 saturated heterocycles. The quantitative estimate of drug-likeness (QED) is 0.185. The number of aryl methyl sites for hydroxylation is 1. The third kappa shape index (κ3) is 7.70. The monoisotopic (exact) mass is 594 g/mol. The van der Waals surface area contributed by atoms with Crippen LogP contribution in [0.4, 0.5) is 24.7 Å². The summed E-state index contributed by atoms with van der Waals surface area (Å²) in [5, 5.41) is 17.6. The summed E-state index contributed by atoms with van der Waals surface area (Å²) in [4.78, 5) is 30.6. The van der Waals surface area contributed by atoms with Gasteiger partial charge in [0.2, 0.25) is 5.91 Å². The highest BCUT2D eigenvalue weighted by atomic mass is 19.4. The molecular weight excluding hydrogens is 565 g/mol. The summed E-state index contributed by atoms with van der Waals surface area (Å²) in [6.45, 7) is 3.83. The Labute approximate surface area is 236 Å². The van der Waals surface area contributed by atoms with Crippen molar-refractivity contribution in [2.75, 3.05) is 37.9 Å². The second kappa shape index (κ2) is 14.2. The fourth-order valence-corrected chi connectivity index (χ4v) is 3.70. The Morgan fingerprint density at radius 2 is 1.93 bits per heavy atom. The van der Waals surface area contributed by atoms with E-state index in [1.54, 1.807) is 13.3 Å². The molecule has 3 heterocycles. The van der Waals surface area contributed by atoms with Crippen molar-refractivity contribution < 1.29 is 42.0 Å². The van der Waals surface area contributed by atoms with E-state index in [-0.39, 0.29) is 18.1 Å². The molecule has 0 atom stereocenters. The fourth-order valence-electron chi connectivity index (χ4n) is 3.70. The van der Waals surface area contributed by atoms with Gasteiger partial charge in [0.05, 0.1) is 31.5 Å². The Morgan fingerprint density at radius 3 is 2.52 bits per heavy atom. The number of benzene rings is 1. The SMILES string of the molecule is CCn1c(-c2nonc2N)nc2c(-c3cccc(NC(=O)CCOC)c3)ncc(OCCCN)c21.O=C(O)C(F)(F)F. The number of rotatable bonds is 11. The first kappa shape index (κ1) is 31.8. The number of nitrogens with zero attached hydrogens (tertiary/aromatic N) is 5. The van der Waals surface area contributed by atoms with Gasteiger partial charge >= 0.3 is 12.1 Å². The number of methoxy groups -OCH3 is 1. The molecule has 0 aliphatic carbocycles. The number of alkyl halides is 3. The van der Waals surface area contributed by atoms with Crippen LogP contribution in [0.25, 0.3) is 33.8 Å². The Kier molecular flexibility index (Phi) is 10.8. The molecule has 42 heavy (non-hydrogen) atoms. The van der Waals surface area contributed by atoms with E-state index in [4.69, 9.17) is 40.5 Å². The van der Waals surface area contributed by atoms with Crippen LogP contribution in [0.1, 0.15) is 19.8 Å². The Balaban J connectivity index is 0.000000616. The maximum absolute atomic E-state index is 12.2. The average Bonchev–Trinajstić information content (AvgIpc) is 3.55. The van der Waals surface area contributed by atoms with Crippen LogP contribution < -0.4 is 21.5 Å². The van der Waals surface area contributed by atoms with Crippen LogP contribution in [-0.4, -0.2) is 74.9 Å². The van der Waals surface area contributed by atoms with Gasteiger partial charge in [-0.05, 0) is 42.3 Å². The van der Waals surface area contributed by atoms with Gasteiger partial charge in [-0.3, -0.25) is 4.79 Å². The number of amides is 1. The Bertz CT molecular complexity index is 1520. The van der Waals surface area contributed by atoms with Gasteiger partial charge in [-0.15, -0.1) is 0 Å². The first-order chi connectivity index (χ1) is 20.0. The van der Waals surface area contributed by atoms with E-state index >= 15 is 0 Å². The van der Waals surface area contributed by atoms with Crippen molar-refractivity contribution in [2.24, 2.45) is 5.73 Å². The number of aliphatic carboxylic acids is 1. The highest BCUT2D eigenvalue weighted by Gasteiger charge is 2.38. The molecule has 0 aliphatic rings. The van der Waals surface area contributed by atoms with Gasteiger partial charge < -0.3 is 35.9 Å². The van der Waals surface area contributed by atoms with Crippen LogP contribution in [-0.2, 0) is 20.9 Å². The lowest BCUT2D eigenvalue weighted by atomic mass is 10.1. The van der Waals surface area contributed by atoms with Gasteiger partial charge in [-0.25, -0.2) is 19.4 Å². The predicted octanol–water partition coefficient (Wildman–Crippen LogP) is 3.09. The number of carboxylic acids is 1. The molecular formula is C25H29F3N8O6. The molecule has 14 nitrogen and oxygen atoms in total. The third-order valence-electron chi connectivity index (χ3n) is 5.58. The minimum absolute atomic E-state index is 0.135. The van der Waals surface area contributed by atoms with Crippen molar-refractivity contribution in [3.05, 3.63) is 30.5 Å². The van der Waals surface area contributed by atoms with E-state index in [0.29, 0.717) is 66.9 Å². The van der Waals surface area contributed by atoms with Gasteiger partial charge in [-0.1, -0.05) is 12.1 Å². The predicted molar refractivity (Wildman–Crippen MR) is 144 cm³/mol. The summed E-state index contributed by atoms with van der Waals surface area (Å²) in [6, 6.07) is 7.40. The smallest absolute Gasteiger partial charge is 0.490 e. The zero-order chi connectivity index (χ0) is 30.9. The molecule has 0 saturated carbocycles. The van der Waals surface area contributed by atoms with Gasteiger partial charge in [0, 0.05) is 24.9 Å². The summed E-state index contributed by atoms with van der Waals surface area (Å²) in [5.74, 6) is -1.71. The highest BCUT2D eigenvalue weighted by molar-refractivity contribution is 5.97. The van der Waals surface area contributed by atoms with Crippen LogP contribution in [0.15, 0.2) is 35.1 Å².